The molecule has 3 heteroatoms. The van der Waals surface area contributed by atoms with E-state index < -0.39 is 0 Å². The van der Waals surface area contributed by atoms with Crippen molar-refractivity contribution in [3.05, 3.63) is 47.5 Å². The second-order valence-electron chi connectivity index (χ2n) is 3.66. The molecule has 3 nitrogen and oxygen atoms in total. The normalized spacial score (nSPS) is 10.1. The van der Waals surface area contributed by atoms with Crippen LogP contribution in [0.4, 0.5) is 5.82 Å². The van der Waals surface area contributed by atoms with Gasteiger partial charge in [-0.1, -0.05) is 23.8 Å². The molecule has 0 amide bonds. The molecule has 0 spiro atoms. The molecule has 0 unspecified atom stereocenters. The molecule has 1 aromatic heterocycles. The van der Waals surface area contributed by atoms with Crippen LogP contribution in [0.5, 0.6) is 0 Å². The number of aryl methyl sites for hydroxylation is 1. The Labute approximate surface area is 93.9 Å². The Balaban J connectivity index is 2.49. The van der Waals surface area contributed by atoms with Crippen LogP contribution in [0.25, 0.3) is 11.3 Å². The second-order valence-corrected chi connectivity index (χ2v) is 3.66. The van der Waals surface area contributed by atoms with Crippen molar-refractivity contribution in [2.75, 3.05) is 5.73 Å². The number of aldehydes is 1. The highest BCUT2D eigenvalue weighted by Gasteiger charge is 2.03. The summed E-state index contributed by atoms with van der Waals surface area (Å²) >= 11 is 0. The van der Waals surface area contributed by atoms with Crippen molar-refractivity contribution in [1.82, 2.24) is 4.98 Å². The Bertz CT molecular complexity index is 535. The van der Waals surface area contributed by atoms with Gasteiger partial charge in [0.2, 0.25) is 0 Å². The van der Waals surface area contributed by atoms with Gasteiger partial charge in [-0.3, -0.25) is 4.79 Å². The molecule has 2 rings (SSSR count). The third-order valence-electron chi connectivity index (χ3n) is 2.40. The van der Waals surface area contributed by atoms with Crippen molar-refractivity contribution >= 4 is 12.1 Å². The minimum Gasteiger partial charge on any atom is -0.383 e. The Morgan fingerprint density at radius 2 is 2.06 bits per heavy atom. The van der Waals surface area contributed by atoms with Crippen molar-refractivity contribution < 1.29 is 4.79 Å². The molecule has 0 radical (unpaired) electrons. The molecule has 1 aromatic carbocycles. The van der Waals surface area contributed by atoms with Crippen LogP contribution in [0.15, 0.2) is 36.4 Å². The largest absolute Gasteiger partial charge is 0.383 e. The van der Waals surface area contributed by atoms with E-state index in [2.05, 4.69) is 4.98 Å². The fraction of sp³-hybridized carbons (Fsp3) is 0.0769. The van der Waals surface area contributed by atoms with Gasteiger partial charge in [-0.2, -0.15) is 0 Å². The van der Waals surface area contributed by atoms with E-state index in [-0.39, 0.29) is 5.82 Å². The summed E-state index contributed by atoms with van der Waals surface area (Å²) in [7, 11) is 0. The first kappa shape index (κ1) is 10.4. The minimum atomic E-state index is 0.272. The fourth-order valence-corrected chi connectivity index (χ4v) is 1.55. The van der Waals surface area contributed by atoms with Crippen molar-refractivity contribution in [3.8, 4) is 11.3 Å². The number of nitrogens with two attached hydrogens (primary N) is 1. The quantitative estimate of drug-likeness (QED) is 0.778. The predicted molar refractivity (Wildman–Crippen MR) is 64.2 cm³/mol. The number of hydrogen-bond acceptors (Lipinski definition) is 3. The van der Waals surface area contributed by atoms with E-state index in [9.17, 15) is 4.79 Å². The molecule has 16 heavy (non-hydrogen) atoms. The highest BCUT2D eigenvalue weighted by molar-refractivity contribution is 5.82. The van der Waals surface area contributed by atoms with Gasteiger partial charge in [0.15, 0.2) is 6.29 Å². The Hall–Kier alpha value is -2.16. The van der Waals surface area contributed by atoms with E-state index in [1.165, 1.54) is 0 Å². The van der Waals surface area contributed by atoms with Crippen LogP contribution in [-0.2, 0) is 0 Å². The van der Waals surface area contributed by atoms with Crippen molar-refractivity contribution in [2.45, 2.75) is 6.92 Å². The molecule has 0 fully saturated rings. The zero-order valence-corrected chi connectivity index (χ0v) is 8.97. The number of nitrogens with zero attached hydrogens (tertiary/aromatic N) is 1. The standard InChI is InChI=1S/C13H12N2O/c1-9-3-2-4-10(7-9)12-6-5-11(8-16)13(14)15-12/h2-8H,1H3,(H2,14,15). The van der Waals surface area contributed by atoms with E-state index in [0.717, 1.165) is 16.8 Å². The first-order valence-corrected chi connectivity index (χ1v) is 4.99. The van der Waals surface area contributed by atoms with Gasteiger partial charge in [-0.05, 0) is 25.1 Å². The van der Waals surface area contributed by atoms with Crippen molar-refractivity contribution in [3.63, 3.8) is 0 Å². The number of rotatable bonds is 2. The molecule has 0 aliphatic carbocycles. The smallest absolute Gasteiger partial charge is 0.153 e. The predicted octanol–water partition coefficient (Wildman–Crippen LogP) is 2.45. The Kier molecular flexibility index (Phi) is 2.68. The van der Waals surface area contributed by atoms with Gasteiger partial charge in [0.1, 0.15) is 5.82 Å². The van der Waals surface area contributed by atoms with Crippen LogP contribution in [0.2, 0.25) is 0 Å². The molecule has 80 valence electrons. The van der Waals surface area contributed by atoms with Gasteiger partial charge in [0, 0.05) is 5.56 Å². The zero-order valence-electron chi connectivity index (χ0n) is 8.97. The van der Waals surface area contributed by atoms with Gasteiger partial charge in [0.05, 0.1) is 11.3 Å². The fourth-order valence-electron chi connectivity index (χ4n) is 1.55. The third kappa shape index (κ3) is 1.93. The average molecular weight is 212 g/mol. The Morgan fingerprint density at radius 3 is 2.69 bits per heavy atom. The maximum atomic E-state index is 10.6. The van der Waals surface area contributed by atoms with Crippen LogP contribution < -0.4 is 5.73 Å². The van der Waals surface area contributed by atoms with Gasteiger partial charge in [0.25, 0.3) is 0 Å². The molecule has 0 atom stereocenters. The van der Waals surface area contributed by atoms with Gasteiger partial charge in [-0.15, -0.1) is 0 Å². The molecule has 1 heterocycles. The molecular weight excluding hydrogens is 200 g/mol. The highest BCUT2D eigenvalue weighted by Crippen LogP contribution is 2.20. The number of carbonyl (C=O) groups is 1. The number of nitrogen functional groups attached to an aromatic ring is 1. The molecule has 0 aliphatic heterocycles. The number of pyridine rings is 1. The molecule has 0 aliphatic rings. The lowest BCUT2D eigenvalue weighted by Crippen LogP contribution is -1.97. The summed E-state index contributed by atoms with van der Waals surface area (Å²) in [5.74, 6) is 0.272. The van der Waals surface area contributed by atoms with Crippen molar-refractivity contribution in [2.24, 2.45) is 0 Å². The third-order valence-corrected chi connectivity index (χ3v) is 2.40. The maximum absolute atomic E-state index is 10.6. The van der Waals surface area contributed by atoms with Crippen LogP contribution in [0.1, 0.15) is 15.9 Å². The summed E-state index contributed by atoms with van der Waals surface area (Å²) in [6.45, 7) is 2.02. The first-order valence-electron chi connectivity index (χ1n) is 4.99. The lowest BCUT2D eigenvalue weighted by atomic mass is 10.1. The lowest BCUT2D eigenvalue weighted by Gasteiger charge is -2.04. The summed E-state index contributed by atoms with van der Waals surface area (Å²) < 4.78 is 0. The topological polar surface area (TPSA) is 56.0 Å². The SMILES string of the molecule is Cc1cccc(-c2ccc(C=O)c(N)n2)c1. The number of carbonyl (C=O) groups excluding carboxylic acids is 1. The average Bonchev–Trinajstić information content (AvgIpc) is 2.29. The zero-order chi connectivity index (χ0) is 11.5. The molecule has 2 N–H and O–H groups in total. The summed E-state index contributed by atoms with van der Waals surface area (Å²) in [6, 6.07) is 11.5. The highest BCUT2D eigenvalue weighted by atomic mass is 16.1. The second kappa shape index (κ2) is 4.14. The van der Waals surface area contributed by atoms with E-state index in [0.29, 0.717) is 11.8 Å². The number of hydrogen-bond donors (Lipinski definition) is 1. The van der Waals surface area contributed by atoms with Crippen LogP contribution in [-0.4, -0.2) is 11.3 Å². The van der Waals surface area contributed by atoms with Gasteiger partial charge < -0.3 is 5.73 Å². The number of benzene rings is 1. The molecule has 0 saturated carbocycles. The van der Waals surface area contributed by atoms with E-state index in [1.54, 1.807) is 12.1 Å². The maximum Gasteiger partial charge on any atom is 0.153 e. The molecule has 2 aromatic rings. The molecular formula is C13H12N2O. The monoisotopic (exact) mass is 212 g/mol. The first-order chi connectivity index (χ1) is 7.70. The van der Waals surface area contributed by atoms with Gasteiger partial charge >= 0.3 is 0 Å². The number of aromatic nitrogens is 1. The van der Waals surface area contributed by atoms with Crippen LogP contribution >= 0.6 is 0 Å². The summed E-state index contributed by atoms with van der Waals surface area (Å²) in [4.78, 5) is 14.8. The van der Waals surface area contributed by atoms with Crippen LogP contribution in [0, 0.1) is 6.92 Å². The van der Waals surface area contributed by atoms with E-state index >= 15 is 0 Å². The molecule has 0 saturated heterocycles. The van der Waals surface area contributed by atoms with Gasteiger partial charge in [-0.25, -0.2) is 4.98 Å². The van der Waals surface area contributed by atoms with E-state index in [1.807, 2.05) is 31.2 Å². The van der Waals surface area contributed by atoms with Crippen molar-refractivity contribution in [1.29, 1.82) is 0 Å². The van der Waals surface area contributed by atoms with E-state index in [4.69, 9.17) is 5.73 Å². The van der Waals surface area contributed by atoms with Crippen LogP contribution in [0.3, 0.4) is 0 Å². The minimum absolute atomic E-state index is 0.272. The molecule has 0 bridgehead atoms. The summed E-state index contributed by atoms with van der Waals surface area (Å²) in [5, 5.41) is 0. The Morgan fingerprint density at radius 1 is 1.25 bits per heavy atom. The summed E-state index contributed by atoms with van der Waals surface area (Å²) in [5.41, 5.74) is 9.04. The number of anilines is 1. The lowest BCUT2D eigenvalue weighted by molar-refractivity contribution is 0.112. The summed E-state index contributed by atoms with van der Waals surface area (Å²) in [6.07, 6.45) is 0.711.